The Morgan fingerprint density at radius 3 is 2.05 bits per heavy atom. The summed E-state index contributed by atoms with van der Waals surface area (Å²) in [6.07, 6.45) is 12.1. The Balaban J connectivity index is 1.23. The molecule has 0 aromatic heterocycles. The summed E-state index contributed by atoms with van der Waals surface area (Å²) >= 11 is 0. The van der Waals surface area contributed by atoms with Gasteiger partial charge in [0.15, 0.2) is 0 Å². The lowest BCUT2D eigenvalue weighted by Gasteiger charge is -2.53. The van der Waals surface area contributed by atoms with Crippen LogP contribution in [0.15, 0.2) is 0 Å². The number of nitrogens with zero attached hydrogens (tertiary/aromatic N) is 1. The maximum atomic E-state index is 2.82. The molecule has 2 unspecified atom stereocenters. The van der Waals surface area contributed by atoms with Gasteiger partial charge in [-0.2, -0.15) is 0 Å². The van der Waals surface area contributed by atoms with E-state index in [1.54, 1.807) is 12.8 Å². The monoisotopic (exact) mass is 289 g/mol. The van der Waals surface area contributed by atoms with E-state index in [0.29, 0.717) is 0 Å². The topological polar surface area (TPSA) is 3.24 Å². The number of hydrogen-bond acceptors (Lipinski definition) is 1. The first-order chi connectivity index (χ1) is 10.1. The number of likely N-dealkylation sites (tertiary alicyclic amines) is 1. The molecule has 4 fully saturated rings. The fourth-order valence-electron chi connectivity index (χ4n) is 6.15. The van der Waals surface area contributed by atoms with Gasteiger partial charge in [-0.25, -0.2) is 0 Å². The Morgan fingerprint density at radius 2 is 1.57 bits per heavy atom. The molecule has 4 rings (SSSR count). The Morgan fingerprint density at radius 1 is 0.952 bits per heavy atom. The van der Waals surface area contributed by atoms with Crippen molar-refractivity contribution < 1.29 is 0 Å². The summed E-state index contributed by atoms with van der Waals surface area (Å²) in [4.78, 5) is 2.82. The molecule has 1 heteroatoms. The third-order valence-corrected chi connectivity index (χ3v) is 8.05. The van der Waals surface area contributed by atoms with Crippen molar-refractivity contribution in [3.05, 3.63) is 0 Å². The molecule has 0 aromatic rings. The molecule has 2 atom stereocenters. The second-order valence-corrected chi connectivity index (χ2v) is 9.49. The predicted molar refractivity (Wildman–Crippen MR) is 89.2 cm³/mol. The Hall–Kier alpha value is -0.0400. The highest BCUT2D eigenvalue weighted by Gasteiger charge is 2.56. The highest BCUT2D eigenvalue weighted by atomic mass is 15.1. The zero-order valence-electron chi connectivity index (χ0n) is 14.5. The minimum Gasteiger partial charge on any atom is -0.303 e. The van der Waals surface area contributed by atoms with Gasteiger partial charge in [-0.15, -0.1) is 0 Å². The summed E-state index contributed by atoms with van der Waals surface area (Å²) in [5, 5.41) is 0. The summed E-state index contributed by atoms with van der Waals surface area (Å²) in [5.74, 6) is 4.29. The van der Waals surface area contributed by atoms with E-state index in [4.69, 9.17) is 0 Å². The van der Waals surface area contributed by atoms with E-state index in [-0.39, 0.29) is 0 Å². The van der Waals surface area contributed by atoms with Gasteiger partial charge in [0.1, 0.15) is 0 Å². The fraction of sp³-hybridized carbons (Fsp3) is 1.00. The highest BCUT2D eigenvalue weighted by Crippen LogP contribution is 2.64. The first kappa shape index (κ1) is 14.5. The van der Waals surface area contributed by atoms with Crippen LogP contribution in [0.4, 0.5) is 0 Å². The molecule has 0 N–H and O–H groups in total. The summed E-state index contributed by atoms with van der Waals surface area (Å²) in [7, 11) is 0. The zero-order valence-corrected chi connectivity index (χ0v) is 14.5. The van der Waals surface area contributed by atoms with Crippen LogP contribution in [0.3, 0.4) is 0 Å². The molecule has 1 heterocycles. The van der Waals surface area contributed by atoms with Crippen LogP contribution in [0.1, 0.15) is 72.1 Å². The summed E-state index contributed by atoms with van der Waals surface area (Å²) in [5.41, 5.74) is 1.56. The Labute approximate surface area is 131 Å². The van der Waals surface area contributed by atoms with Crippen molar-refractivity contribution in [1.29, 1.82) is 0 Å². The smallest absolute Gasteiger partial charge is 0.00380 e. The second kappa shape index (κ2) is 4.98. The molecule has 21 heavy (non-hydrogen) atoms. The van der Waals surface area contributed by atoms with Crippen molar-refractivity contribution in [2.45, 2.75) is 72.1 Å². The second-order valence-electron chi connectivity index (χ2n) is 9.49. The number of rotatable bonds is 5. The summed E-state index contributed by atoms with van der Waals surface area (Å²) in [6.45, 7) is 11.6. The van der Waals surface area contributed by atoms with Gasteiger partial charge in [0.05, 0.1) is 0 Å². The van der Waals surface area contributed by atoms with Crippen LogP contribution in [0.2, 0.25) is 0 Å². The molecule has 1 saturated heterocycles. The average Bonchev–Trinajstić information content (AvgIpc) is 3.31. The molecular weight excluding hydrogens is 254 g/mol. The summed E-state index contributed by atoms with van der Waals surface area (Å²) < 4.78 is 0. The van der Waals surface area contributed by atoms with Crippen molar-refractivity contribution in [2.24, 2.45) is 34.5 Å². The van der Waals surface area contributed by atoms with Gasteiger partial charge < -0.3 is 4.90 Å². The van der Waals surface area contributed by atoms with Gasteiger partial charge in [-0.3, -0.25) is 0 Å². The molecule has 1 nitrogen and oxygen atoms in total. The van der Waals surface area contributed by atoms with E-state index < -0.39 is 0 Å². The maximum Gasteiger partial charge on any atom is 0.00380 e. The molecule has 0 aromatic carbocycles. The van der Waals surface area contributed by atoms with Crippen LogP contribution >= 0.6 is 0 Å². The molecule has 3 saturated carbocycles. The molecule has 120 valence electrons. The van der Waals surface area contributed by atoms with Crippen molar-refractivity contribution in [2.75, 3.05) is 19.6 Å². The van der Waals surface area contributed by atoms with E-state index >= 15 is 0 Å². The van der Waals surface area contributed by atoms with Crippen molar-refractivity contribution in [3.63, 3.8) is 0 Å². The minimum absolute atomic E-state index is 0.764. The summed E-state index contributed by atoms with van der Waals surface area (Å²) in [6, 6.07) is 0. The lowest BCUT2D eigenvalue weighted by atomic mass is 9.56. The highest BCUT2D eigenvalue weighted by molar-refractivity contribution is 5.06. The van der Waals surface area contributed by atoms with Gasteiger partial charge >= 0.3 is 0 Å². The number of piperidine rings is 1. The van der Waals surface area contributed by atoms with Gasteiger partial charge in [0, 0.05) is 6.54 Å². The first-order valence-corrected chi connectivity index (χ1v) is 9.79. The van der Waals surface area contributed by atoms with Crippen molar-refractivity contribution in [3.8, 4) is 0 Å². The quantitative estimate of drug-likeness (QED) is 0.691. The van der Waals surface area contributed by atoms with E-state index in [1.807, 2.05) is 0 Å². The number of hydrogen-bond donors (Lipinski definition) is 0. The van der Waals surface area contributed by atoms with E-state index in [0.717, 1.165) is 34.5 Å². The van der Waals surface area contributed by atoms with Gasteiger partial charge in [-0.05, 0) is 92.5 Å². The zero-order chi connectivity index (χ0) is 14.7. The Kier molecular flexibility index (Phi) is 3.45. The SMILES string of the molecule is CCCC1(CN2CCC3(CC2)CC(C2C(C)C2C)C3)CC1. The fourth-order valence-corrected chi connectivity index (χ4v) is 6.15. The molecule has 4 aliphatic rings. The molecule has 3 aliphatic carbocycles. The average molecular weight is 290 g/mol. The lowest BCUT2D eigenvalue weighted by Crippen LogP contribution is -2.48. The third-order valence-electron chi connectivity index (χ3n) is 8.05. The first-order valence-electron chi connectivity index (χ1n) is 9.79. The minimum atomic E-state index is 0.764. The lowest BCUT2D eigenvalue weighted by molar-refractivity contribution is -0.0288. The molecule has 0 bridgehead atoms. The van der Waals surface area contributed by atoms with Gasteiger partial charge in [-0.1, -0.05) is 27.2 Å². The molecule has 0 amide bonds. The third kappa shape index (κ3) is 2.58. The predicted octanol–water partition coefficient (Wildman–Crippen LogP) is 4.96. The molecule has 0 radical (unpaired) electrons. The van der Waals surface area contributed by atoms with Crippen molar-refractivity contribution in [1.82, 2.24) is 4.90 Å². The standard InChI is InChI=1S/C20H35N/c1-4-5-19(6-7-19)14-21-10-8-20(9-11-21)12-17(13-20)18-15(2)16(18)3/h15-18H,4-14H2,1-3H3. The van der Waals surface area contributed by atoms with Crippen LogP contribution in [-0.4, -0.2) is 24.5 Å². The van der Waals surface area contributed by atoms with Crippen LogP contribution < -0.4 is 0 Å². The van der Waals surface area contributed by atoms with Crippen LogP contribution in [0.5, 0.6) is 0 Å². The van der Waals surface area contributed by atoms with E-state index in [2.05, 4.69) is 25.7 Å². The van der Waals surface area contributed by atoms with Crippen LogP contribution in [0.25, 0.3) is 0 Å². The van der Waals surface area contributed by atoms with Crippen LogP contribution in [-0.2, 0) is 0 Å². The maximum absolute atomic E-state index is 2.82. The van der Waals surface area contributed by atoms with Gasteiger partial charge in [0.25, 0.3) is 0 Å². The largest absolute Gasteiger partial charge is 0.303 e. The van der Waals surface area contributed by atoms with E-state index in [1.165, 1.54) is 58.2 Å². The molecular formula is C20H35N. The van der Waals surface area contributed by atoms with Crippen LogP contribution in [0, 0.1) is 34.5 Å². The van der Waals surface area contributed by atoms with Gasteiger partial charge in [0.2, 0.25) is 0 Å². The normalized spacial score (nSPS) is 41.0. The Bertz CT molecular complexity index is 373. The van der Waals surface area contributed by atoms with E-state index in [9.17, 15) is 0 Å². The molecule has 1 spiro atoms. The molecule has 1 aliphatic heterocycles. The van der Waals surface area contributed by atoms with Crippen molar-refractivity contribution >= 4 is 0 Å².